The quantitative estimate of drug-likeness (QED) is 0.146. The van der Waals surface area contributed by atoms with Gasteiger partial charge in [0.2, 0.25) is 0 Å². The Labute approximate surface area is 360 Å². The summed E-state index contributed by atoms with van der Waals surface area (Å²) in [5, 5.41) is 10.2. The summed E-state index contributed by atoms with van der Waals surface area (Å²) in [4.78, 5) is 2.36. The monoisotopic (exact) mass is 788 g/mol. The molecule has 62 heavy (non-hydrogen) atoms. The first kappa shape index (κ1) is 35.7. The molecule has 0 aliphatic rings. The van der Waals surface area contributed by atoms with Gasteiger partial charge in [0, 0.05) is 33.4 Å². The van der Waals surface area contributed by atoms with Crippen LogP contribution in [-0.2, 0) is 0 Å². The van der Waals surface area contributed by atoms with Crippen LogP contribution < -0.4 is 4.90 Å². The van der Waals surface area contributed by atoms with Gasteiger partial charge in [0.1, 0.15) is 0 Å². The third-order valence-corrected chi connectivity index (χ3v) is 12.6. The van der Waals surface area contributed by atoms with Crippen LogP contribution in [0.5, 0.6) is 0 Å². The van der Waals surface area contributed by atoms with E-state index in [0.717, 1.165) is 28.3 Å². The zero-order valence-corrected chi connectivity index (χ0v) is 34.0. The second-order valence-electron chi connectivity index (χ2n) is 16.1. The number of benzene rings is 11. The van der Waals surface area contributed by atoms with Crippen LogP contribution in [0.4, 0.5) is 17.1 Å². The van der Waals surface area contributed by atoms with Gasteiger partial charge < -0.3 is 9.47 Å². The number of para-hydroxylation sites is 3. The van der Waals surface area contributed by atoms with E-state index in [4.69, 9.17) is 0 Å². The standard InChI is InChI=1S/C60H40N2/c1-2-12-41(13-3-1)42-26-33-49(34-27-42)61(50-35-28-43(29-36-50)47-32-39-54-48(40-47)25-24-46-23-22-44-14-4-5-16-53(44)60(46)54)51-37-30-45(31-38-51)52-15-6-9-19-57(52)62-58-20-10-7-17-55(58)56-18-8-11-21-59(56)62/h1-40H. The molecule has 1 aromatic heterocycles. The van der Waals surface area contributed by atoms with Gasteiger partial charge in [-0.3, -0.25) is 0 Å². The molecule has 0 amide bonds. The maximum atomic E-state index is 2.41. The summed E-state index contributed by atoms with van der Waals surface area (Å²) >= 11 is 0. The Morgan fingerprint density at radius 1 is 0.274 bits per heavy atom. The molecule has 0 aliphatic carbocycles. The molecule has 0 unspecified atom stereocenters. The minimum atomic E-state index is 1.09. The van der Waals surface area contributed by atoms with Gasteiger partial charge in [0.05, 0.1) is 16.7 Å². The average Bonchev–Trinajstić information content (AvgIpc) is 3.69. The predicted molar refractivity (Wildman–Crippen MR) is 264 cm³/mol. The van der Waals surface area contributed by atoms with E-state index in [2.05, 4.69) is 252 Å². The third-order valence-electron chi connectivity index (χ3n) is 12.6. The van der Waals surface area contributed by atoms with Crippen molar-refractivity contribution < 1.29 is 0 Å². The Morgan fingerprint density at radius 2 is 0.726 bits per heavy atom. The van der Waals surface area contributed by atoms with Crippen LogP contribution in [0.2, 0.25) is 0 Å². The maximum absolute atomic E-state index is 2.41. The Hall–Kier alpha value is -8.20. The van der Waals surface area contributed by atoms with Gasteiger partial charge in [-0.05, 0) is 121 Å². The molecule has 11 aromatic carbocycles. The van der Waals surface area contributed by atoms with Crippen LogP contribution in [0.15, 0.2) is 243 Å². The molecule has 0 saturated heterocycles. The van der Waals surface area contributed by atoms with Gasteiger partial charge in [-0.2, -0.15) is 0 Å². The van der Waals surface area contributed by atoms with E-state index in [1.54, 1.807) is 0 Å². The molecule has 0 spiro atoms. The molecule has 0 radical (unpaired) electrons. The van der Waals surface area contributed by atoms with Gasteiger partial charge in [0.15, 0.2) is 0 Å². The fourth-order valence-electron chi connectivity index (χ4n) is 9.58. The third kappa shape index (κ3) is 6.04. The fourth-order valence-corrected chi connectivity index (χ4v) is 9.58. The summed E-state index contributed by atoms with van der Waals surface area (Å²) < 4.78 is 2.41. The van der Waals surface area contributed by atoms with E-state index < -0.39 is 0 Å². The summed E-state index contributed by atoms with van der Waals surface area (Å²) in [5.41, 5.74) is 14.0. The lowest BCUT2D eigenvalue weighted by atomic mass is 9.94. The van der Waals surface area contributed by atoms with E-state index in [9.17, 15) is 0 Å². The number of hydrogen-bond acceptors (Lipinski definition) is 1. The zero-order chi connectivity index (χ0) is 41.0. The van der Waals surface area contributed by atoms with Crippen LogP contribution in [0.3, 0.4) is 0 Å². The molecule has 0 fully saturated rings. The highest BCUT2D eigenvalue weighted by atomic mass is 15.1. The van der Waals surface area contributed by atoms with Crippen molar-refractivity contribution in [2.75, 3.05) is 4.90 Å². The highest BCUT2D eigenvalue weighted by Crippen LogP contribution is 2.41. The van der Waals surface area contributed by atoms with E-state index in [1.807, 2.05) is 0 Å². The van der Waals surface area contributed by atoms with Crippen LogP contribution in [-0.4, -0.2) is 4.57 Å². The van der Waals surface area contributed by atoms with Crippen molar-refractivity contribution in [3.05, 3.63) is 243 Å². The molecule has 0 bridgehead atoms. The molecule has 0 aliphatic heterocycles. The minimum absolute atomic E-state index is 1.09. The molecule has 0 atom stereocenters. The molecule has 0 N–H and O–H groups in total. The number of nitrogens with zero attached hydrogens (tertiary/aromatic N) is 2. The van der Waals surface area contributed by atoms with Gasteiger partial charge >= 0.3 is 0 Å². The topological polar surface area (TPSA) is 8.17 Å². The van der Waals surface area contributed by atoms with Crippen LogP contribution in [0.1, 0.15) is 0 Å². The van der Waals surface area contributed by atoms with Gasteiger partial charge in [-0.25, -0.2) is 0 Å². The number of hydrogen-bond donors (Lipinski definition) is 0. The molecular formula is C60H40N2. The summed E-state index contributed by atoms with van der Waals surface area (Å²) in [6.45, 7) is 0. The largest absolute Gasteiger partial charge is 0.311 e. The van der Waals surface area contributed by atoms with Crippen molar-refractivity contribution >= 4 is 71.2 Å². The molecule has 2 nitrogen and oxygen atoms in total. The molecular weight excluding hydrogens is 749 g/mol. The Bertz CT molecular complexity index is 3550. The lowest BCUT2D eigenvalue weighted by Crippen LogP contribution is -2.09. The molecule has 12 aromatic rings. The van der Waals surface area contributed by atoms with Crippen molar-refractivity contribution in [2.45, 2.75) is 0 Å². The van der Waals surface area contributed by atoms with Crippen molar-refractivity contribution in [1.82, 2.24) is 4.57 Å². The first-order chi connectivity index (χ1) is 30.7. The SMILES string of the molecule is c1ccc(-c2ccc(N(c3ccc(-c4ccc5c(ccc6ccc7ccccc7c65)c4)cc3)c3ccc(-c4ccccc4-n4c5ccccc5c5ccccc54)cc3)cc2)cc1. The Morgan fingerprint density at radius 3 is 1.39 bits per heavy atom. The van der Waals surface area contributed by atoms with E-state index >= 15 is 0 Å². The lowest BCUT2D eigenvalue weighted by Gasteiger charge is -2.26. The molecule has 0 saturated carbocycles. The summed E-state index contributed by atoms with van der Waals surface area (Å²) in [6.07, 6.45) is 0. The van der Waals surface area contributed by atoms with Crippen LogP contribution in [0.25, 0.3) is 93.2 Å². The first-order valence-electron chi connectivity index (χ1n) is 21.3. The summed E-state index contributed by atoms with van der Waals surface area (Å²) in [6, 6.07) is 88.4. The molecule has 2 heteroatoms. The first-order valence-corrected chi connectivity index (χ1v) is 21.3. The minimum Gasteiger partial charge on any atom is -0.311 e. The van der Waals surface area contributed by atoms with Crippen LogP contribution >= 0.6 is 0 Å². The average molecular weight is 789 g/mol. The molecule has 12 rings (SSSR count). The number of anilines is 3. The Kier molecular flexibility index (Phi) is 8.53. The Balaban J connectivity index is 0.931. The van der Waals surface area contributed by atoms with E-state index in [1.165, 1.54) is 81.9 Å². The van der Waals surface area contributed by atoms with Crippen molar-refractivity contribution in [3.8, 4) is 39.1 Å². The molecule has 290 valence electrons. The maximum Gasteiger partial charge on any atom is 0.0541 e. The fraction of sp³-hybridized carbons (Fsp3) is 0. The summed E-state index contributed by atoms with van der Waals surface area (Å²) in [5.74, 6) is 0. The number of rotatable bonds is 7. The highest BCUT2D eigenvalue weighted by molar-refractivity contribution is 6.20. The predicted octanol–water partition coefficient (Wildman–Crippen LogP) is 16.7. The normalized spacial score (nSPS) is 11.5. The smallest absolute Gasteiger partial charge is 0.0541 e. The molecule has 1 heterocycles. The van der Waals surface area contributed by atoms with E-state index in [0.29, 0.717) is 0 Å². The highest BCUT2D eigenvalue weighted by Gasteiger charge is 2.18. The van der Waals surface area contributed by atoms with Gasteiger partial charge in [-0.15, -0.1) is 0 Å². The zero-order valence-electron chi connectivity index (χ0n) is 34.0. The van der Waals surface area contributed by atoms with Crippen molar-refractivity contribution in [3.63, 3.8) is 0 Å². The lowest BCUT2D eigenvalue weighted by molar-refractivity contribution is 1.18. The van der Waals surface area contributed by atoms with Gasteiger partial charge in [-0.1, -0.05) is 182 Å². The summed E-state index contributed by atoms with van der Waals surface area (Å²) in [7, 11) is 0. The van der Waals surface area contributed by atoms with Crippen molar-refractivity contribution in [2.24, 2.45) is 0 Å². The van der Waals surface area contributed by atoms with Crippen molar-refractivity contribution in [1.29, 1.82) is 0 Å². The second-order valence-corrected chi connectivity index (χ2v) is 16.1. The number of fused-ring (bicyclic) bond motifs is 8. The second kappa shape index (κ2) is 14.8. The number of aromatic nitrogens is 1. The van der Waals surface area contributed by atoms with Gasteiger partial charge in [0.25, 0.3) is 0 Å². The van der Waals surface area contributed by atoms with Crippen LogP contribution in [0, 0.1) is 0 Å². The van der Waals surface area contributed by atoms with E-state index in [-0.39, 0.29) is 0 Å².